The lowest BCUT2D eigenvalue weighted by atomic mass is 10.1. The normalized spacial score (nSPS) is 20.8. The van der Waals surface area contributed by atoms with Crippen molar-refractivity contribution < 1.29 is 13.8 Å². The van der Waals surface area contributed by atoms with E-state index in [0.29, 0.717) is 31.9 Å². The van der Waals surface area contributed by atoms with E-state index < -0.39 is 10.0 Å². The highest BCUT2D eigenvalue weighted by Gasteiger charge is 2.35. The average Bonchev–Trinajstić information content (AvgIpc) is 3.10. The van der Waals surface area contributed by atoms with E-state index in [4.69, 9.17) is 11.1 Å². The van der Waals surface area contributed by atoms with Gasteiger partial charge in [0, 0.05) is 31.9 Å². The molecule has 1 heterocycles. The van der Waals surface area contributed by atoms with E-state index in [1.54, 1.807) is 4.31 Å². The van der Waals surface area contributed by atoms with Gasteiger partial charge in [0.2, 0.25) is 10.0 Å². The number of rotatable bonds is 4. The molecule has 23 heavy (non-hydrogen) atoms. The number of hydrogen-bond donors (Lipinski definition) is 2. The molecule has 0 radical (unpaired) electrons. The Morgan fingerprint density at radius 1 is 1.13 bits per heavy atom. The molecular formula is C16H25N4O2S+. The lowest BCUT2D eigenvalue weighted by Gasteiger charge is -2.37. The fourth-order valence-electron chi connectivity index (χ4n) is 3.61. The van der Waals surface area contributed by atoms with Gasteiger partial charge in [-0.2, -0.15) is 4.31 Å². The summed E-state index contributed by atoms with van der Waals surface area (Å²) in [6.45, 7) is 2.38. The Balaban J connectivity index is 1.72. The summed E-state index contributed by atoms with van der Waals surface area (Å²) in [6, 6.07) is 5.71. The maximum atomic E-state index is 12.7. The Labute approximate surface area is 137 Å². The topological polar surface area (TPSA) is 92.2 Å². The molecule has 3 rings (SSSR count). The van der Waals surface area contributed by atoms with Crippen molar-refractivity contribution in [2.45, 2.75) is 30.9 Å². The quantitative estimate of drug-likeness (QED) is 0.590. The van der Waals surface area contributed by atoms with Crippen molar-refractivity contribution in [2.24, 2.45) is 0 Å². The molecule has 7 heteroatoms. The Morgan fingerprint density at radius 2 is 1.78 bits per heavy atom. The molecule has 1 aromatic carbocycles. The lowest BCUT2D eigenvalue weighted by Crippen LogP contribution is -2.51. The van der Waals surface area contributed by atoms with Gasteiger partial charge in [-0.15, -0.1) is 0 Å². The van der Waals surface area contributed by atoms with Crippen molar-refractivity contribution in [3.8, 4) is 0 Å². The number of anilines is 2. The summed E-state index contributed by atoms with van der Waals surface area (Å²) in [5.41, 5.74) is 8.41. The van der Waals surface area contributed by atoms with E-state index in [1.165, 1.54) is 6.21 Å². The Morgan fingerprint density at radius 3 is 2.39 bits per heavy atom. The second-order valence-electron chi connectivity index (χ2n) is 6.28. The number of benzene rings is 1. The van der Waals surface area contributed by atoms with Crippen LogP contribution in [0.2, 0.25) is 0 Å². The molecule has 0 bridgehead atoms. The molecule has 6 nitrogen and oxygen atoms in total. The first-order valence-electron chi connectivity index (χ1n) is 8.21. The maximum absolute atomic E-state index is 12.7. The van der Waals surface area contributed by atoms with Crippen molar-refractivity contribution in [1.82, 2.24) is 4.31 Å². The molecule has 0 amide bonds. The van der Waals surface area contributed by atoms with Gasteiger partial charge >= 0.3 is 0 Å². The maximum Gasteiger partial charge on any atom is 0.217 e. The molecule has 2 fully saturated rings. The fraction of sp³-hybridized carbons (Fsp3) is 0.562. The number of nitrogen functional groups attached to an aromatic ring is 1. The molecule has 1 aliphatic heterocycles. The number of nitrogens with two attached hydrogens (primary N) is 2. The molecule has 1 saturated carbocycles. The van der Waals surface area contributed by atoms with Crippen molar-refractivity contribution in [1.29, 1.82) is 0 Å². The first-order chi connectivity index (χ1) is 11.0. The van der Waals surface area contributed by atoms with Crippen LogP contribution in [0.15, 0.2) is 18.2 Å². The molecule has 126 valence electrons. The van der Waals surface area contributed by atoms with Crippen molar-refractivity contribution in [3.05, 3.63) is 23.8 Å². The first-order valence-corrected chi connectivity index (χ1v) is 9.71. The molecular weight excluding hydrogens is 312 g/mol. The fourth-order valence-corrected chi connectivity index (χ4v) is 5.63. The number of sulfonamides is 1. The van der Waals surface area contributed by atoms with Crippen molar-refractivity contribution >= 4 is 27.6 Å². The third-order valence-electron chi connectivity index (χ3n) is 4.95. The van der Waals surface area contributed by atoms with Gasteiger partial charge in [-0.3, -0.25) is 5.41 Å². The minimum atomic E-state index is -3.14. The van der Waals surface area contributed by atoms with Crippen LogP contribution in [-0.2, 0) is 10.0 Å². The zero-order valence-corrected chi connectivity index (χ0v) is 14.1. The minimum absolute atomic E-state index is 0.172. The Bertz CT molecular complexity index is 675. The van der Waals surface area contributed by atoms with Crippen LogP contribution in [0.5, 0.6) is 0 Å². The molecule has 0 aromatic heterocycles. The van der Waals surface area contributed by atoms with Crippen LogP contribution >= 0.6 is 0 Å². The smallest absolute Gasteiger partial charge is 0.217 e. The number of piperazine rings is 1. The highest BCUT2D eigenvalue weighted by atomic mass is 32.2. The Kier molecular flexibility index (Phi) is 4.59. The molecule has 2 aliphatic rings. The predicted octanol–water partition coefficient (Wildman–Crippen LogP) is -0.159. The molecule has 1 saturated heterocycles. The van der Waals surface area contributed by atoms with Gasteiger partial charge in [0.25, 0.3) is 0 Å². The van der Waals surface area contributed by atoms with Crippen LogP contribution in [0.25, 0.3) is 0 Å². The molecule has 0 unspecified atom stereocenters. The summed E-state index contributed by atoms with van der Waals surface area (Å²) in [5, 5.41) is 5.53. The molecule has 0 atom stereocenters. The van der Waals surface area contributed by atoms with Crippen LogP contribution in [0, 0.1) is 0 Å². The van der Waals surface area contributed by atoms with Gasteiger partial charge < -0.3 is 10.6 Å². The largest absolute Gasteiger partial charge is 0.398 e. The second kappa shape index (κ2) is 6.49. The zero-order chi connectivity index (χ0) is 16.4. The third-order valence-corrected chi connectivity index (χ3v) is 7.34. The highest BCUT2D eigenvalue weighted by molar-refractivity contribution is 7.89. The molecule has 4 N–H and O–H groups in total. The van der Waals surface area contributed by atoms with Crippen molar-refractivity contribution in [3.63, 3.8) is 0 Å². The number of hydrogen-bond acceptors (Lipinski definition) is 4. The van der Waals surface area contributed by atoms with Crippen LogP contribution in [0.3, 0.4) is 0 Å². The van der Waals surface area contributed by atoms with E-state index in [0.717, 1.165) is 36.9 Å². The second-order valence-corrected chi connectivity index (χ2v) is 8.50. The van der Waals surface area contributed by atoms with E-state index in [9.17, 15) is 8.42 Å². The summed E-state index contributed by atoms with van der Waals surface area (Å²) >= 11 is 0. The standard InChI is InChI=1S/C16H24N4O2S/c17-12-14-15(18)6-3-7-16(14)19-8-10-20(11-9-19)23(21,22)13-4-1-2-5-13/h3,6-7,12-13,17H,1-2,4-5,8-11,18H2/p+1. The monoisotopic (exact) mass is 337 g/mol. The summed E-state index contributed by atoms with van der Waals surface area (Å²) in [5.74, 6) is 0. The van der Waals surface area contributed by atoms with E-state index in [2.05, 4.69) is 4.90 Å². The van der Waals surface area contributed by atoms with Crippen molar-refractivity contribution in [2.75, 3.05) is 36.8 Å². The SMILES string of the molecule is Nc1cccc(N2CCN(S(=O)(=O)C3CCCC3)CC2)c1C=[NH2+]. The molecule has 0 spiro atoms. The van der Waals surface area contributed by atoms with Gasteiger partial charge in [-0.1, -0.05) is 18.9 Å². The van der Waals surface area contributed by atoms with Crippen LogP contribution in [-0.4, -0.2) is 50.4 Å². The summed E-state index contributed by atoms with van der Waals surface area (Å²) in [7, 11) is -3.14. The molecule has 1 aliphatic carbocycles. The average molecular weight is 337 g/mol. The van der Waals surface area contributed by atoms with Gasteiger partial charge in [0.1, 0.15) is 0 Å². The Hall–Kier alpha value is -1.60. The minimum Gasteiger partial charge on any atom is -0.398 e. The summed E-state index contributed by atoms with van der Waals surface area (Å²) in [6.07, 6.45) is 5.20. The third kappa shape index (κ3) is 3.07. The van der Waals surface area contributed by atoms with Gasteiger partial charge in [0.15, 0.2) is 6.21 Å². The van der Waals surface area contributed by atoms with Crippen LogP contribution in [0.1, 0.15) is 31.2 Å². The highest BCUT2D eigenvalue weighted by Crippen LogP contribution is 2.29. The van der Waals surface area contributed by atoms with E-state index in [-0.39, 0.29) is 5.25 Å². The summed E-state index contributed by atoms with van der Waals surface area (Å²) < 4.78 is 27.0. The van der Waals surface area contributed by atoms with E-state index in [1.807, 2.05) is 18.2 Å². The van der Waals surface area contributed by atoms with Crippen LogP contribution in [0.4, 0.5) is 11.4 Å². The van der Waals surface area contributed by atoms with Gasteiger partial charge in [-0.05, 0) is 25.0 Å². The predicted molar refractivity (Wildman–Crippen MR) is 92.9 cm³/mol. The van der Waals surface area contributed by atoms with Crippen LogP contribution < -0.4 is 16.0 Å². The van der Waals surface area contributed by atoms with E-state index >= 15 is 0 Å². The van der Waals surface area contributed by atoms with Gasteiger partial charge in [-0.25, -0.2) is 8.42 Å². The first kappa shape index (κ1) is 16.3. The molecule has 1 aromatic rings. The summed E-state index contributed by atoms with van der Waals surface area (Å²) in [4.78, 5) is 2.16. The lowest BCUT2D eigenvalue weighted by molar-refractivity contribution is -0.104. The zero-order valence-electron chi connectivity index (χ0n) is 13.3. The van der Waals surface area contributed by atoms with Gasteiger partial charge in [0.05, 0.1) is 16.5 Å². The number of nitrogens with zero attached hydrogens (tertiary/aromatic N) is 2.